The van der Waals surface area contributed by atoms with Crippen LogP contribution in [-0.4, -0.2) is 30.8 Å². The molecule has 0 aliphatic carbocycles. The van der Waals surface area contributed by atoms with Crippen LogP contribution in [-0.2, 0) is 52.1 Å². The van der Waals surface area contributed by atoms with E-state index in [1.54, 1.807) is 18.2 Å². The second-order valence-electron chi connectivity index (χ2n) is 5.46. The molecular weight excluding hydrogens is 626 g/mol. The number of carbonyl (C=O) groups is 1. The molecular formula is C25H21NO8W. The van der Waals surface area contributed by atoms with Crippen molar-refractivity contribution >= 4 is 21.5 Å². The van der Waals surface area contributed by atoms with E-state index in [1.165, 1.54) is 19.4 Å². The molecule has 10 heteroatoms. The zero-order valence-corrected chi connectivity index (χ0v) is 22.0. The Morgan fingerprint density at radius 1 is 0.829 bits per heavy atom. The zero-order valence-electron chi connectivity index (χ0n) is 19.1. The third kappa shape index (κ3) is 17.8. The van der Waals surface area contributed by atoms with E-state index in [0.29, 0.717) is 17.9 Å². The summed E-state index contributed by atoms with van der Waals surface area (Å²) in [6.07, 6.45) is 1.78. The third-order valence-corrected chi connectivity index (χ3v) is 4.26. The van der Waals surface area contributed by atoms with E-state index >= 15 is 0 Å². The SMILES string of the molecule is CCO[C](=[W])/C=C(\OC(=O)c1ccc(N(C)C)cc1)c1ccccc1.[C-]#[O+].[C-]#[O+].[C-]#[O+].[C-]#[O+].[C-]#[O+]. The fraction of sp³-hybridized carbons (Fsp3) is 0.160. The Kier molecular flexibility index (Phi) is 31.9. The van der Waals surface area contributed by atoms with Gasteiger partial charge in [0, 0.05) is 0 Å². The van der Waals surface area contributed by atoms with Gasteiger partial charge in [0.1, 0.15) is 0 Å². The maximum atomic E-state index is 12.5. The van der Waals surface area contributed by atoms with E-state index in [1.807, 2.05) is 68.4 Å². The van der Waals surface area contributed by atoms with Crippen LogP contribution in [0.2, 0.25) is 0 Å². The second kappa shape index (κ2) is 28.7. The number of ether oxygens (including phenoxy) is 2. The number of anilines is 1. The van der Waals surface area contributed by atoms with E-state index < -0.39 is 0 Å². The van der Waals surface area contributed by atoms with E-state index in [0.717, 1.165) is 15.3 Å². The molecule has 0 aliphatic heterocycles. The number of hydrogen-bond acceptors (Lipinski definition) is 4. The molecule has 0 saturated heterocycles. The maximum absolute atomic E-state index is 12.5. The molecule has 2 rings (SSSR count). The van der Waals surface area contributed by atoms with Crippen molar-refractivity contribution in [1.29, 1.82) is 0 Å². The van der Waals surface area contributed by atoms with Gasteiger partial charge in [-0.2, -0.15) is 0 Å². The standard InChI is InChI=1S/C20H21NO3.5CO.W/c1-4-23-15-14-19(16-8-6-5-7-9-16)24-20(22)17-10-12-18(13-11-17)21(2)3;5*1-2;/h5-14H,4H2,1-3H3;;;;;;/b19-14-;;;;;;. The quantitative estimate of drug-likeness (QED) is 0.197. The minimum absolute atomic E-state index is 0.389. The molecule has 0 N–H and O–H groups in total. The van der Waals surface area contributed by atoms with Crippen LogP contribution in [0.15, 0.2) is 60.7 Å². The Labute approximate surface area is 215 Å². The first-order valence-corrected chi connectivity index (χ1v) is 10.4. The molecule has 0 spiro atoms. The topological polar surface area (TPSA) is 138 Å². The average Bonchev–Trinajstić information content (AvgIpc) is 2.94. The van der Waals surface area contributed by atoms with Crippen LogP contribution in [0.3, 0.4) is 0 Å². The van der Waals surface area contributed by atoms with Crippen molar-refractivity contribution in [3.63, 3.8) is 0 Å². The number of nitrogens with zero attached hydrogens (tertiary/aromatic N) is 1. The summed E-state index contributed by atoms with van der Waals surface area (Å²) < 4.78 is 49.4. The van der Waals surface area contributed by atoms with Crippen LogP contribution >= 0.6 is 0 Å². The van der Waals surface area contributed by atoms with Gasteiger partial charge in [-0.1, -0.05) is 0 Å². The van der Waals surface area contributed by atoms with Crippen LogP contribution in [0.5, 0.6) is 0 Å². The van der Waals surface area contributed by atoms with Crippen LogP contribution < -0.4 is 4.90 Å². The van der Waals surface area contributed by atoms with Gasteiger partial charge < -0.3 is 0 Å². The summed E-state index contributed by atoms with van der Waals surface area (Å²) >= 11 is 1.18. The Morgan fingerprint density at radius 2 is 1.29 bits per heavy atom. The molecule has 35 heavy (non-hydrogen) atoms. The van der Waals surface area contributed by atoms with Crippen molar-refractivity contribution in [2.45, 2.75) is 6.92 Å². The van der Waals surface area contributed by atoms with Gasteiger partial charge in [-0.3, -0.25) is 0 Å². The minimum atomic E-state index is -0.389. The summed E-state index contributed by atoms with van der Waals surface area (Å²) in [4.78, 5) is 14.5. The zero-order chi connectivity index (χ0) is 28.2. The first-order valence-electron chi connectivity index (χ1n) is 8.96. The summed E-state index contributed by atoms with van der Waals surface area (Å²) in [5.41, 5.74) is 2.37. The summed E-state index contributed by atoms with van der Waals surface area (Å²) in [5.74, 6) is 0.0976. The predicted molar refractivity (Wildman–Crippen MR) is 117 cm³/mol. The Balaban J connectivity index is -0.000000426. The summed E-state index contributed by atoms with van der Waals surface area (Å²) in [6.45, 7) is 25.0. The van der Waals surface area contributed by atoms with E-state index in [-0.39, 0.29) is 5.97 Å². The molecule has 180 valence electrons. The Bertz CT molecular complexity index is 938. The summed E-state index contributed by atoms with van der Waals surface area (Å²) in [7, 11) is 3.91. The van der Waals surface area contributed by atoms with Crippen molar-refractivity contribution in [1.82, 2.24) is 0 Å². The van der Waals surface area contributed by atoms with Crippen LogP contribution in [0.1, 0.15) is 22.8 Å². The monoisotopic (exact) mass is 647 g/mol. The average molecular weight is 647 g/mol. The molecule has 0 heterocycles. The molecule has 0 atom stereocenters. The number of esters is 1. The van der Waals surface area contributed by atoms with Gasteiger partial charge in [0.15, 0.2) is 0 Å². The van der Waals surface area contributed by atoms with Gasteiger partial charge >= 0.3 is 216 Å². The molecule has 9 nitrogen and oxygen atoms in total. The van der Waals surface area contributed by atoms with Crippen molar-refractivity contribution in [2.24, 2.45) is 0 Å². The fourth-order valence-electron chi connectivity index (χ4n) is 2.12. The number of benzene rings is 2. The van der Waals surface area contributed by atoms with E-state index in [2.05, 4.69) is 33.3 Å². The fourth-order valence-corrected chi connectivity index (χ4v) is 2.93. The molecule has 0 bridgehead atoms. The van der Waals surface area contributed by atoms with Gasteiger partial charge in [0.2, 0.25) is 0 Å². The van der Waals surface area contributed by atoms with Crippen LogP contribution in [0, 0.1) is 33.3 Å². The van der Waals surface area contributed by atoms with Crippen molar-refractivity contribution in [3.8, 4) is 0 Å². The van der Waals surface area contributed by atoms with Gasteiger partial charge in [-0.05, 0) is 0 Å². The molecule has 0 unspecified atom stereocenters. The molecule has 0 aliphatic rings. The van der Waals surface area contributed by atoms with Gasteiger partial charge in [-0.15, -0.1) is 0 Å². The van der Waals surface area contributed by atoms with E-state index in [4.69, 9.17) is 32.7 Å². The number of hydrogen-bond donors (Lipinski definition) is 0. The van der Waals surface area contributed by atoms with Crippen molar-refractivity contribution in [2.75, 3.05) is 25.6 Å². The van der Waals surface area contributed by atoms with Crippen molar-refractivity contribution in [3.05, 3.63) is 105 Å². The Hall–Kier alpha value is -3.33. The first-order chi connectivity index (χ1) is 17.0. The number of carbonyl (C=O) groups excluding carboxylic acids is 1. The molecule has 2 aromatic rings. The predicted octanol–water partition coefficient (Wildman–Crippen LogP) is 3.48. The molecule has 0 fully saturated rings. The van der Waals surface area contributed by atoms with Crippen molar-refractivity contribution < 1.29 is 56.9 Å². The second-order valence-corrected chi connectivity index (χ2v) is 6.90. The van der Waals surface area contributed by atoms with Crippen LogP contribution in [0.4, 0.5) is 5.69 Å². The molecule has 2 aromatic carbocycles. The summed E-state index contributed by atoms with van der Waals surface area (Å²) in [6, 6.07) is 16.9. The van der Waals surface area contributed by atoms with E-state index in [9.17, 15) is 4.79 Å². The third-order valence-electron chi connectivity index (χ3n) is 3.42. The Morgan fingerprint density at radius 3 is 1.69 bits per heavy atom. The van der Waals surface area contributed by atoms with Gasteiger partial charge in [-0.25, -0.2) is 0 Å². The van der Waals surface area contributed by atoms with Gasteiger partial charge in [0.05, 0.1) is 0 Å². The van der Waals surface area contributed by atoms with Gasteiger partial charge in [0.25, 0.3) is 0 Å². The normalized spacial score (nSPS) is 8.20. The molecule has 0 saturated carbocycles. The molecule has 0 aromatic heterocycles. The van der Waals surface area contributed by atoms with Crippen LogP contribution in [0.25, 0.3) is 5.76 Å². The number of rotatable bonds is 7. The first kappa shape index (κ1) is 38.9. The molecule has 0 radical (unpaired) electrons. The summed E-state index contributed by atoms with van der Waals surface area (Å²) in [5, 5.41) is 0. The molecule has 0 amide bonds.